The molecule has 10 aromatic carbocycles. The SMILES string of the molecule is c1ccc2c(c1)-c1ccccc1C21c2ccccc2-c2c(-n3c4ccccc4c4cc(-c5ccc6c(c5)c5ccccc5n6-c5ccc6oc7ccccc7c6c5)ccc43)cccc21. The first-order chi connectivity index (χ1) is 31.8. The maximum Gasteiger partial charge on any atom is 0.135 e. The number of furan rings is 1. The molecular weight excluding hydrogens is 777 g/mol. The molecule has 0 amide bonds. The van der Waals surface area contributed by atoms with Gasteiger partial charge in [0.25, 0.3) is 0 Å². The number of hydrogen-bond acceptors (Lipinski definition) is 1. The molecule has 64 heavy (non-hydrogen) atoms. The number of para-hydroxylation sites is 3. The summed E-state index contributed by atoms with van der Waals surface area (Å²) in [7, 11) is 0. The van der Waals surface area contributed by atoms with Crippen molar-refractivity contribution in [2.75, 3.05) is 0 Å². The summed E-state index contributed by atoms with van der Waals surface area (Å²) in [5.74, 6) is 0. The number of rotatable bonds is 3. The highest BCUT2D eigenvalue weighted by molar-refractivity contribution is 6.14. The predicted molar refractivity (Wildman–Crippen MR) is 264 cm³/mol. The summed E-state index contributed by atoms with van der Waals surface area (Å²) in [5.41, 5.74) is 21.6. The van der Waals surface area contributed by atoms with Crippen LogP contribution in [-0.4, -0.2) is 9.13 Å². The average Bonchev–Trinajstić information content (AvgIpc) is 4.14. The van der Waals surface area contributed by atoms with Gasteiger partial charge in [0.05, 0.1) is 33.2 Å². The molecule has 3 aromatic heterocycles. The molecule has 0 saturated heterocycles. The van der Waals surface area contributed by atoms with Gasteiger partial charge in [-0.15, -0.1) is 0 Å². The van der Waals surface area contributed by atoms with Gasteiger partial charge in [-0.3, -0.25) is 0 Å². The van der Waals surface area contributed by atoms with E-state index in [1.807, 2.05) is 12.1 Å². The minimum atomic E-state index is -0.400. The van der Waals surface area contributed by atoms with Gasteiger partial charge in [0.1, 0.15) is 11.2 Å². The maximum atomic E-state index is 6.21. The van der Waals surface area contributed by atoms with Gasteiger partial charge in [-0.25, -0.2) is 0 Å². The van der Waals surface area contributed by atoms with Crippen LogP contribution >= 0.6 is 0 Å². The van der Waals surface area contributed by atoms with Gasteiger partial charge < -0.3 is 13.6 Å². The summed E-state index contributed by atoms with van der Waals surface area (Å²) in [4.78, 5) is 0. The molecule has 3 heterocycles. The quantitative estimate of drug-likeness (QED) is 0.174. The van der Waals surface area contributed by atoms with Crippen molar-refractivity contribution in [1.29, 1.82) is 0 Å². The molecule has 2 aliphatic rings. The molecule has 2 aliphatic carbocycles. The molecule has 3 heteroatoms. The molecule has 0 aliphatic heterocycles. The van der Waals surface area contributed by atoms with Crippen LogP contribution in [0, 0.1) is 0 Å². The Morgan fingerprint density at radius 2 is 0.812 bits per heavy atom. The second kappa shape index (κ2) is 12.4. The van der Waals surface area contributed by atoms with E-state index in [4.69, 9.17) is 4.42 Å². The Morgan fingerprint density at radius 3 is 1.50 bits per heavy atom. The van der Waals surface area contributed by atoms with Crippen LogP contribution in [-0.2, 0) is 5.41 Å². The van der Waals surface area contributed by atoms with Crippen molar-refractivity contribution >= 4 is 65.6 Å². The van der Waals surface area contributed by atoms with E-state index < -0.39 is 5.41 Å². The molecular formula is C61H36N2O. The number of benzene rings is 10. The lowest BCUT2D eigenvalue weighted by atomic mass is 9.70. The third-order valence-electron chi connectivity index (χ3n) is 14.5. The fourth-order valence-electron chi connectivity index (χ4n) is 12.0. The van der Waals surface area contributed by atoms with Crippen LogP contribution < -0.4 is 0 Å². The first-order valence-corrected chi connectivity index (χ1v) is 22.2. The van der Waals surface area contributed by atoms with E-state index in [0.717, 1.165) is 27.6 Å². The summed E-state index contributed by atoms with van der Waals surface area (Å²) in [6.45, 7) is 0. The van der Waals surface area contributed by atoms with Crippen LogP contribution in [0.25, 0.3) is 110 Å². The fourth-order valence-corrected chi connectivity index (χ4v) is 12.0. The molecule has 0 saturated carbocycles. The normalized spacial score (nSPS) is 13.4. The average molecular weight is 813 g/mol. The zero-order chi connectivity index (χ0) is 41.7. The molecule has 0 atom stereocenters. The Labute approximate surface area is 368 Å². The van der Waals surface area contributed by atoms with Crippen LogP contribution in [0.4, 0.5) is 0 Å². The van der Waals surface area contributed by atoms with E-state index in [-0.39, 0.29) is 0 Å². The van der Waals surface area contributed by atoms with Gasteiger partial charge in [-0.1, -0.05) is 152 Å². The minimum absolute atomic E-state index is 0.400. The molecule has 0 N–H and O–H groups in total. The third-order valence-corrected chi connectivity index (χ3v) is 14.5. The zero-order valence-corrected chi connectivity index (χ0v) is 34.6. The Hall–Kier alpha value is -8.40. The predicted octanol–water partition coefficient (Wildman–Crippen LogP) is 15.8. The Bertz CT molecular complexity index is 4110. The second-order valence-electron chi connectivity index (χ2n) is 17.5. The van der Waals surface area contributed by atoms with Crippen LogP contribution in [0.3, 0.4) is 0 Å². The standard InChI is InChI=1S/C61H36N2O/c1-7-20-49-40(14-1)41-15-2-8-21-50(41)61(49)51-22-9-3-19-45(51)60-52(61)23-13-26-57(60)63-54-25-11-5-17-43(54)47-35-38(29-32-56(47)63)37-28-31-55-46(34-37)42-16-4-10-24-53(42)62(55)39-30-33-59-48(36-39)44-18-6-12-27-58(44)64-59/h1-36H. The number of hydrogen-bond donors (Lipinski definition) is 0. The first-order valence-electron chi connectivity index (χ1n) is 22.2. The number of nitrogens with zero attached hydrogens (tertiary/aromatic N) is 2. The third kappa shape index (κ3) is 4.26. The summed E-state index contributed by atoms with van der Waals surface area (Å²) >= 11 is 0. The van der Waals surface area contributed by atoms with Gasteiger partial charge >= 0.3 is 0 Å². The van der Waals surface area contributed by atoms with Crippen LogP contribution in [0.1, 0.15) is 22.3 Å². The lowest BCUT2D eigenvalue weighted by Gasteiger charge is -2.30. The van der Waals surface area contributed by atoms with Gasteiger partial charge in [0.15, 0.2) is 0 Å². The van der Waals surface area contributed by atoms with Crippen LogP contribution in [0.2, 0.25) is 0 Å². The summed E-state index contributed by atoms with van der Waals surface area (Å²) in [6, 6.07) is 80.8. The van der Waals surface area contributed by atoms with Crippen LogP contribution in [0.15, 0.2) is 223 Å². The van der Waals surface area contributed by atoms with Crippen molar-refractivity contribution in [2.24, 2.45) is 0 Å². The van der Waals surface area contributed by atoms with Gasteiger partial charge in [-0.2, -0.15) is 0 Å². The Kier molecular flexibility index (Phi) is 6.61. The monoisotopic (exact) mass is 812 g/mol. The molecule has 1 spiro atoms. The van der Waals surface area contributed by atoms with Crippen molar-refractivity contribution in [3.05, 3.63) is 241 Å². The Morgan fingerprint density at radius 1 is 0.312 bits per heavy atom. The summed E-state index contributed by atoms with van der Waals surface area (Å²) in [5, 5.41) is 7.21. The topological polar surface area (TPSA) is 23.0 Å². The molecule has 0 unspecified atom stereocenters. The molecule has 13 aromatic rings. The molecule has 0 radical (unpaired) electrons. The smallest absolute Gasteiger partial charge is 0.135 e. The van der Waals surface area contributed by atoms with Gasteiger partial charge in [0.2, 0.25) is 0 Å². The second-order valence-corrected chi connectivity index (χ2v) is 17.5. The maximum absolute atomic E-state index is 6.21. The lowest BCUT2D eigenvalue weighted by Crippen LogP contribution is -2.25. The molecule has 3 nitrogen and oxygen atoms in total. The van der Waals surface area contributed by atoms with Crippen molar-refractivity contribution in [2.45, 2.75) is 5.41 Å². The highest BCUT2D eigenvalue weighted by Gasteiger charge is 2.52. The fraction of sp³-hybridized carbons (Fsp3) is 0.0164. The van der Waals surface area contributed by atoms with Gasteiger partial charge in [-0.05, 0) is 117 Å². The van der Waals surface area contributed by atoms with E-state index in [1.165, 1.54) is 105 Å². The molecule has 296 valence electrons. The number of fused-ring (bicyclic) bond motifs is 19. The highest BCUT2D eigenvalue weighted by atomic mass is 16.3. The number of aromatic nitrogens is 2. The summed E-state index contributed by atoms with van der Waals surface area (Å²) < 4.78 is 11.1. The Balaban J connectivity index is 0.924. The first kappa shape index (κ1) is 34.2. The van der Waals surface area contributed by atoms with E-state index in [9.17, 15) is 0 Å². The highest BCUT2D eigenvalue weighted by Crippen LogP contribution is 2.63. The van der Waals surface area contributed by atoms with Crippen molar-refractivity contribution in [1.82, 2.24) is 9.13 Å². The van der Waals surface area contributed by atoms with Crippen molar-refractivity contribution in [3.8, 4) is 44.8 Å². The van der Waals surface area contributed by atoms with Crippen molar-refractivity contribution < 1.29 is 4.42 Å². The molecule has 15 rings (SSSR count). The van der Waals surface area contributed by atoms with E-state index in [0.29, 0.717) is 0 Å². The molecule has 0 bridgehead atoms. The van der Waals surface area contributed by atoms with Crippen molar-refractivity contribution in [3.63, 3.8) is 0 Å². The zero-order valence-electron chi connectivity index (χ0n) is 34.6. The van der Waals surface area contributed by atoms with E-state index in [2.05, 4.69) is 215 Å². The van der Waals surface area contributed by atoms with E-state index >= 15 is 0 Å². The van der Waals surface area contributed by atoms with E-state index in [1.54, 1.807) is 0 Å². The van der Waals surface area contributed by atoms with Crippen LogP contribution in [0.5, 0.6) is 0 Å². The van der Waals surface area contributed by atoms with Gasteiger partial charge in [0, 0.05) is 43.6 Å². The summed E-state index contributed by atoms with van der Waals surface area (Å²) in [6.07, 6.45) is 0. The lowest BCUT2D eigenvalue weighted by molar-refractivity contribution is 0.669. The minimum Gasteiger partial charge on any atom is -0.456 e. The molecule has 0 fully saturated rings. The largest absolute Gasteiger partial charge is 0.456 e.